The minimum Gasteiger partial charge on any atom is -0.497 e. The van der Waals surface area contributed by atoms with Gasteiger partial charge >= 0.3 is 5.97 Å². The number of piperidine rings is 1. The van der Waals surface area contributed by atoms with Gasteiger partial charge in [-0.2, -0.15) is 0 Å². The van der Waals surface area contributed by atoms with Gasteiger partial charge in [-0.25, -0.2) is 9.78 Å². The zero-order valence-corrected chi connectivity index (χ0v) is 14.4. The molecule has 8 heteroatoms. The number of nitrogens with zero attached hydrogens (tertiary/aromatic N) is 3. The van der Waals surface area contributed by atoms with Crippen LogP contribution >= 0.6 is 0 Å². The highest BCUT2D eigenvalue weighted by Gasteiger charge is 2.23. The number of rotatable bonds is 5. The second kappa shape index (κ2) is 7.81. The van der Waals surface area contributed by atoms with E-state index in [1.165, 1.54) is 25.3 Å². The third-order valence-electron chi connectivity index (χ3n) is 4.28. The fourth-order valence-corrected chi connectivity index (χ4v) is 3.00. The Hall–Kier alpha value is -3.16. The van der Waals surface area contributed by atoms with E-state index in [4.69, 9.17) is 4.74 Å². The standard InChI is InChI=1S/C18H20N4O4/c1-26-15-8-12(7-13(9-15)18(24)25)17(23)21-14-3-2-6-22(11-14)16-10-19-4-5-20-16/h4-5,7-10,14H,2-3,6,11H2,1H3,(H,21,23)(H,24,25)/t14-/m1/s1. The summed E-state index contributed by atoms with van der Waals surface area (Å²) in [6.45, 7) is 1.48. The fourth-order valence-electron chi connectivity index (χ4n) is 3.00. The molecule has 1 fully saturated rings. The van der Waals surface area contributed by atoms with Crippen LogP contribution in [0.25, 0.3) is 0 Å². The smallest absolute Gasteiger partial charge is 0.335 e. The van der Waals surface area contributed by atoms with E-state index >= 15 is 0 Å². The van der Waals surface area contributed by atoms with Gasteiger partial charge in [0.15, 0.2) is 0 Å². The molecule has 136 valence electrons. The van der Waals surface area contributed by atoms with Crippen LogP contribution in [-0.2, 0) is 0 Å². The van der Waals surface area contributed by atoms with E-state index in [1.807, 2.05) is 0 Å². The summed E-state index contributed by atoms with van der Waals surface area (Å²) < 4.78 is 5.09. The van der Waals surface area contributed by atoms with Gasteiger partial charge in [0.1, 0.15) is 11.6 Å². The van der Waals surface area contributed by atoms with Crippen LogP contribution in [-0.4, -0.2) is 53.2 Å². The Morgan fingerprint density at radius 2 is 2.08 bits per heavy atom. The molecule has 1 saturated heterocycles. The van der Waals surface area contributed by atoms with Gasteiger partial charge in [-0.1, -0.05) is 0 Å². The number of aromatic nitrogens is 2. The number of amides is 1. The van der Waals surface area contributed by atoms with Crippen molar-refractivity contribution < 1.29 is 19.4 Å². The van der Waals surface area contributed by atoms with Crippen molar-refractivity contribution in [3.8, 4) is 5.75 Å². The lowest BCUT2D eigenvalue weighted by atomic mass is 10.0. The van der Waals surface area contributed by atoms with Crippen molar-refractivity contribution in [3.05, 3.63) is 47.9 Å². The van der Waals surface area contributed by atoms with Crippen LogP contribution < -0.4 is 15.0 Å². The normalized spacial score (nSPS) is 16.8. The van der Waals surface area contributed by atoms with Crippen molar-refractivity contribution in [2.24, 2.45) is 0 Å². The Morgan fingerprint density at radius 1 is 1.27 bits per heavy atom. The molecule has 1 aromatic heterocycles. The van der Waals surface area contributed by atoms with E-state index in [9.17, 15) is 14.7 Å². The van der Waals surface area contributed by atoms with Gasteiger partial charge in [-0.15, -0.1) is 0 Å². The Morgan fingerprint density at radius 3 is 2.77 bits per heavy atom. The summed E-state index contributed by atoms with van der Waals surface area (Å²) in [5.74, 6) is -0.317. The summed E-state index contributed by atoms with van der Waals surface area (Å²) in [6.07, 6.45) is 6.72. The van der Waals surface area contributed by atoms with Crippen LogP contribution in [0.5, 0.6) is 5.75 Å². The summed E-state index contributed by atoms with van der Waals surface area (Å²) in [5, 5.41) is 12.2. The van der Waals surface area contributed by atoms with Crippen LogP contribution in [0.4, 0.5) is 5.82 Å². The summed E-state index contributed by atoms with van der Waals surface area (Å²) in [4.78, 5) is 34.3. The number of hydrogen-bond acceptors (Lipinski definition) is 6. The molecule has 0 spiro atoms. The van der Waals surface area contributed by atoms with Gasteiger partial charge in [-0.05, 0) is 31.0 Å². The molecular weight excluding hydrogens is 336 g/mol. The number of nitrogens with one attached hydrogen (secondary N) is 1. The number of carbonyl (C=O) groups is 2. The zero-order chi connectivity index (χ0) is 18.5. The molecule has 0 aliphatic carbocycles. The highest BCUT2D eigenvalue weighted by atomic mass is 16.5. The van der Waals surface area contributed by atoms with E-state index in [0.29, 0.717) is 12.3 Å². The average molecular weight is 356 g/mol. The summed E-state index contributed by atoms with van der Waals surface area (Å²) in [6, 6.07) is 4.21. The number of carbonyl (C=O) groups excluding carboxylic acids is 1. The molecule has 0 bridgehead atoms. The fraction of sp³-hybridized carbons (Fsp3) is 0.333. The predicted molar refractivity (Wildman–Crippen MR) is 94.7 cm³/mol. The number of carboxylic acids is 1. The first kappa shape index (κ1) is 17.7. The maximum absolute atomic E-state index is 12.6. The number of methoxy groups -OCH3 is 1. The van der Waals surface area contributed by atoms with Crippen LogP contribution in [0, 0.1) is 0 Å². The lowest BCUT2D eigenvalue weighted by molar-refractivity contribution is 0.0696. The summed E-state index contributed by atoms with van der Waals surface area (Å²) in [7, 11) is 1.43. The molecule has 1 aliphatic heterocycles. The third-order valence-corrected chi connectivity index (χ3v) is 4.28. The van der Waals surface area contributed by atoms with Gasteiger partial charge in [0, 0.05) is 37.1 Å². The molecule has 8 nitrogen and oxygen atoms in total. The molecule has 2 aromatic rings. The van der Waals surface area contributed by atoms with Crippen LogP contribution in [0.2, 0.25) is 0 Å². The third kappa shape index (κ3) is 4.08. The Balaban J connectivity index is 1.71. The van der Waals surface area contributed by atoms with E-state index in [0.717, 1.165) is 25.2 Å². The van der Waals surface area contributed by atoms with Crippen LogP contribution in [0.3, 0.4) is 0 Å². The lowest BCUT2D eigenvalue weighted by Gasteiger charge is -2.33. The largest absolute Gasteiger partial charge is 0.497 e. The molecule has 1 aromatic carbocycles. The second-order valence-corrected chi connectivity index (χ2v) is 6.08. The van der Waals surface area contributed by atoms with Crippen molar-refractivity contribution >= 4 is 17.7 Å². The molecule has 0 saturated carbocycles. The van der Waals surface area contributed by atoms with Crippen molar-refractivity contribution in [2.45, 2.75) is 18.9 Å². The van der Waals surface area contributed by atoms with Gasteiger partial charge in [0.2, 0.25) is 0 Å². The maximum Gasteiger partial charge on any atom is 0.335 e. The van der Waals surface area contributed by atoms with Crippen molar-refractivity contribution in [1.82, 2.24) is 15.3 Å². The molecule has 2 N–H and O–H groups in total. The van der Waals surface area contributed by atoms with Crippen molar-refractivity contribution in [2.75, 3.05) is 25.1 Å². The molecular formula is C18H20N4O4. The molecule has 3 rings (SSSR count). The van der Waals surface area contributed by atoms with Gasteiger partial charge in [-0.3, -0.25) is 9.78 Å². The first-order chi connectivity index (χ1) is 12.6. The van der Waals surface area contributed by atoms with Crippen LogP contribution in [0.1, 0.15) is 33.6 Å². The Bertz CT molecular complexity index is 797. The molecule has 1 aliphatic rings. The quantitative estimate of drug-likeness (QED) is 0.838. The minimum atomic E-state index is -1.11. The van der Waals surface area contributed by atoms with Crippen molar-refractivity contribution in [3.63, 3.8) is 0 Å². The Labute approximate surface area is 150 Å². The number of anilines is 1. The number of carboxylic acid groups (broad SMARTS) is 1. The van der Waals surface area contributed by atoms with Crippen LogP contribution in [0.15, 0.2) is 36.8 Å². The van der Waals surface area contributed by atoms with E-state index < -0.39 is 5.97 Å². The number of hydrogen-bond donors (Lipinski definition) is 2. The van der Waals surface area contributed by atoms with E-state index in [-0.39, 0.29) is 23.1 Å². The van der Waals surface area contributed by atoms with Gasteiger partial charge < -0.3 is 20.1 Å². The average Bonchev–Trinajstić information content (AvgIpc) is 2.68. The molecule has 1 amide bonds. The number of ether oxygens (including phenoxy) is 1. The molecule has 2 heterocycles. The monoisotopic (exact) mass is 356 g/mol. The second-order valence-electron chi connectivity index (χ2n) is 6.08. The lowest BCUT2D eigenvalue weighted by Crippen LogP contribution is -2.48. The Kier molecular flexibility index (Phi) is 5.31. The topological polar surface area (TPSA) is 105 Å². The highest BCUT2D eigenvalue weighted by Crippen LogP contribution is 2.19. The minimum absolute atomic E-state index is 0.0133. The number of benzene rings is 1. The summed E-state index contributed by atoms with van der Waals surface area (Å²) >= 11 is 0. The first-order valence-electron chi connectivity index (χ1n) is 8.31. The van der Waals surface area contributed by atoms with Gasteiger partial charge in [0.05, 0.1) is 18.9 Å². The van der Waals surface area contributed by atoms with E-state index in [2.05, 4.69) is 20.2 Å². The molecule has 0 radical (unpaired) electrons. The number of aromatic carboxylic acids is 1. The SMILES string of the molecule is COc1cc(C(=O)O)cc(C(=O)N[C@@H]2CCCN(c3cnccn3)C2)c1. The molecule has 26 heavy (non-hydrogen) atoms. The van der Waals surface area contributed by atoms with Gasteiger partial charge in [0.25, 0.3) is 5.91 Å². The summed E-state index contributed by atoms with van der Waals surface area (Å²) in [5.41, 5.74) is 0.276. The highest BCUT2D eigenvalue weighted by molar-refractivity contribution is 5.98. The molecule has 1 atom stereocenters. The zero-order valence-electron chi connectivity index (χ0n) is 14.4. The maximum atomic E-state index is 12.6. The molecule has 0 unspecified atom stereocenters. The first-order valence-corrected chi connectivity index (χ1v) is 8.31. The predicted octanol–water partition coefficient (Wildman–Crippen LogP) is 1.58. The van der Waals surface area contributed by atoms with Crippen molar-refractivity contribution in [1.29, 1.82) is 0 Å². The van der Waals surface area contributed by atoms with E-state index in [1.54, 1.807) is 18.6 Å².